The van der Waals surface area contributed by atoms with Crippen molar-refractivity contribution >= 4 is 16.8 Å². The first kappa shape index (κ1) is 25.2. The summed E-state index contributed by atoms with van der Waals surface area (Å²) in [4.78, 5) is 9.20. The summed E-state index contributed by atoms with van der Waals surface area (Å²) in [7, 11) is 0. The van der Waals surface area contributed by atoms with Gasteiger partial charge in [-0.25, -0.2) is 0 Å². The van der Waals surface area contributed by atoms with Gasteiger partial charge in [0.25, 0.3) is 0 Å². The molecule has 184 valence electrons. The Morgan fingerprint density at radius 3 is 2.50 bits per heavy atom. The second kappa shape index (κ2) is 11.7. The molecule has 2 heterocycles. The van der Waals surface area contributed by atoms with Crippen LogP contribution < -0.4 is 9.64 Å². The van der Waals surface area contributed by atoms with Crippen LogP contribution in [-0.2, 0) is 0 Å². The zero-order valence-electron chi connectivity index (χ0n) is 21.6. The summed E-state index contributed by atoms with van der Waals surface area (Å²) in [5, 5.41) is 9.70. The Morgan fingerprint density at radius 2 is 1.78 bits per heavy atom. The van der Waals surface area contributed by atoms with E-state index in [1.54, 1.807) is 6.20 Å². The molecule has 36 heavy (non-hydrogen) atoms. The lowest BCUT2D eigenvalue weighted by Gasteiger charge is -2.30. The minimum Gasteiger partial charge on any atom is -0.492 e. The number of hydrogen-bond acceptors (Lipinski definition) is 5. The van der Waals surface area contributed by atoms with Gasteiger partial charge in [0.2, 0.25) is 0 Å². The standard InChI is InChI=1S/C31H34N4O/c1-23(2)35(24(3)4)16-17-36-29-12-9-11-28(19-29)34-21-26(30-13-6-5-10-25(30)20-32)18-27(22-34)31-14-7-8-15-33-31/h5-15,18-19,22-24H,16-17,21H2,1-4H3. The zero-order chi connectivity index (χ0) is 25.5. The van der Waals surface area contributed by atoms with E-state index < -0.39 is 0 Å². The molecule has 0 aliphatic carbocycles. The molecule has 2 aromatic carbocycles. The molecule has 0 bridgehead atoms. The summed E-state index contributed by atoms with van der Waals surface area (Å²) < 4.78 is 6.17. The topological polar surface area (TPSA) is 52.4 Å². The predicted octanol–water partition coefficient (Wildman–Crippen LogP) is 6.40. The molecule has 0 radical (unpaired) electrons. The van der Waals surface area contributed by atoms with Gasteiger partial charge in [0.15, 0.2) is 0 Å². The fourth-order valence-electron chi connectivity index (χ4n) is 4.66. The third-order valence-corrected chi connectivity index (χ3v) is 6.41. The van der Waals surface area contributed by atoms with Crippen LogP contribution in [0.3, 0.4) is 0 Å². The van der Waals surface area contributed by atoms with Gasteiger partial charge >= 0.3 is 0 Å². The van der Waals surface area contributed by atoms with Crippen molar-refractivity contribution in [2.24, 2.45) is 0 Å². The maximum absolute atomic E-state index is 9.70. The van der Waals surface area contributed by atoms with Crippen LogP contribution in [0.15, 0.2) is 85.2 Å². The smallest absolute Gasteiger partial charge is 0.121 e. The van der Waals surface area contributed by atoms with Gasteiger partial charge in [0, 0.05) is 54.9 Å². The number of benzene rings is 2. The highest BCUT2D eigenvalue weighted by Gasteiger charge is 2.19. The fourth-order valence-corrected chi connectivity index (χ4v) is 4.66. The van der Waals surface area contributed by atoms with Gasteiger partial charge in [-0.05, 0) is 75.2 Å². The predicted molar refractivity (Wildman–Crippen MR) is 148 cm³/mol. The molecule has 0 atom stereocenters. The first-order valence-electron chi connectivity index (χ1n) is 12.5. The Labute approximate surface area is 215 Å². The van der Waals surface area contributed by atoms with Crippen LogP contribution in [-0.4, -0.2) is 41.7 Å². The Kier molecular flexibility index (Phi) is 8.20. The second-order valence-electron chi connectivity index (χ2n) is 9.53. The Balaban J connectivity index is 1.61. The molecule has 1 aromatic heterocycles. The van der Waals surface area contributed by atoms with E-state index in [1.165, 1.54) is 0 Å². The number of allylic oxidation sites excluding steroid dienone is 2. The van der Waals surface area contributed by atoms with Crippen molar-refractivity contribution < 1.29 is 4.74 Å². The summed E-state index contributed by atoms with van der Waals surface area (Å²) in [5.41, 5.74) is 5.62. The number of anilines is 1. The third kappa shape index (κ3) is 6.02. The minimum atomic E-state index is 0.477. The number of rotatable bonds is 9. The normalized spacial score (nSPS) is 13.6. The Morgan fingerprint density at radius 1 is 1.00 bits per heavy atom. The quantitative estimate of drug-likeness (QED) is 0.356. The zero-order valence-corrected chi connectivity index (χ0v) is 21.6. The molecule has 0 fully saturated rings. The molecule has 5 heteroatoms. The van der Waals surface area contributed by atoms with Crippen molar-refractivity contribution in [2.45, 2.75) is 39.8 Å². The van der Waals surface area contributed by atoms with Crippen LogP contribution in [0.5, 0.6) is 5.75 Å². The number of nitrogens with zero attached hydrogens (tertiary/aromatic N) is 4. The van der Waals surface area contributed by atoms with Gasteiger partial charge in [-0.1, -0.05) is 30.3 Å². The van der Waals surface area contributed by atoms with E-state index in [9.17, 15) is 5.26 Å². The van der Waals surface area contributed by atoms with Crippen molar-refractivity contribution in [3.8, 4) is 11.8 Å². The van der Waals surface area contributed by atoms with Gasteiger partial charge in [0.1, 0.15) is 12.4 Å². The van der Waals surface area contributed by atoms with Gasteiger partial charge < -0.3 is 9.64 Å². The summed E-state index contributed by atoms with van der Waals surface area (Å²) in [6, 6.07) is 25.2. The first-order valence-corrected chi connectivity index (χ1v) is 12.5. The lowest BCUT2D eigenvalue weighted by atomic mass is 9.95. The molecule has 0 saturated heterocycles. The average molecular weight is 479 g/mol. The number of ether oxygens (including phenoxy) is 1. The molecular formula is C31H34N4O. The van der Waals surface area contributed by atoms with Crippen molar-refractivity contribution in [3.63, 3.8) is 0 Å². The molecule has 1 aliphatic rings. The average Bonchev–Trinajstić information content (AvgIpc) is 2.91. The lowest BCUT2D eigenvalue weighted by molar-refractivity contribution is 0.142. The van der Waals surface area contributed by atoms with Crippen LogP contribution in [0, 0.1) is 11.3 Å². The van der Waals surface area contributed by atoms with E-state index in [4.69, 9.17) is 4.74 Å². The van der Waals surface area contributed by atoms with E-state index in [1.807, 2.05) is 54.6 Å². The highest BCUT2D eigenvalue weighted by atomic mass is 16.5. The molecule has 3 aromatic rings. The molecule has 4 rings (SSSR count). The van der Waals surface area contributed by atoms with E-state index in [0.717, 1.165) is 40.4 Å². The van der Waals surface area contributed by atoms with Gasteiger partial charge in [-0.15, -0.1) is 0 Å². The van der Waals surface area contributed by atoms with Crippen LogP contribution >= 0.6 is 0 Å². The Hall–Kier alpha value is -3.88. The molecule has 0 saturated carbocycles. The van der Waals surface area contributed by atoms with Gasteiger partial charge in [-0.3, -0.25) is 9.88 Å². The highest BCUT2D eigenvalue weighted by molar-refractivity contribution is 5.90. The van der Waals surface area contributed by atoms with E-state index in [0.29, 0.717) is 30.8 Å². The molecule has 0 unspecified atom stereocenters. The number of aromatic nitrogens is 1. The van der Waals surface area contributed by atoms with E-state index in [-0.39, 0.29) is 0 Å². The molecule has 0 N–H and O–H groups in total. The van der Waals surface area contributed by atoms with Crippen LogP contribution in [0.4, 0.5) is 5.69 Å². The number of nitriles is 1. The van der Waals surface area contributed by atoms with E-state index in [2.05, 4.69) is 73.0 Å². The molecular weight excluding hydrogens is 444 g/mol. The molecule has 5 nitrogen and oxygen atoms in total. The van der Waals surface area contributed by atoms with Crippen LogP contribution in [0.2, 0.25) is 0 Å². The summed E-state index contributed by atoms with van der Waals surface area (Å²) in [6.07, 6.45) is 6.07. The van der Waals surface area contributed by atoms with Crippen molar-refractivity contribution in [3.05, 3.63) is 102 Å². The second-order valence-corrected chi connectivity index (χ2v) is 9.53. The summed E-state index contributed by atoms with van der Waals surface area (Å²) in [6.45, 7) is 11.0. The number of pyridine rings is 1. The summed E-state index contributed by atoms with van der Waals surface area (Å²) >= 11 is 0. The van der Waals surface area contributed by atoms with Crippen LogP contribution in [0.25, 0.3) is 11.1 Å². The van der Waals surface area contributed by atoms with Crippen molar-refractivity contribution in [1.82, 2.24) is 9.88 Å². The van der Waals surface area contributed by atoms with Crippen molar-refractivity contribution in [1.29, 1.82) is 5.26 Å². The minimum absolute atomic E-state index is 0.477. The van der Waals surface area contributed by atoms with Gasteiger partial charge in [-0.2, -0.15) is 5.26 Å². The third-order valence-electron chi connectivity index (χ3n) is 6.41. The first-order chi connectivity index (χ1) is 17.5. The molecule has 1 aliphatic heterocycles. The maximum Gasteiger partial charge on any atom is 0.121 e. The fraction of sp³-hybridized carbons (Fsp3) is 0.290. The SMILES string of the molecule is CC(C)N(CCOc1cccc(N2C=C(c3ccccn3)C=C(c3ccccc3C#N)C2)c1)C(C)C. The molecule has 0 amide bonds. The largest absolute Gasteiger partial charge is 0.492 e. The summed E-state index contributed by atoms with van der Waals surface area (Å²) in [5.74, 6) is 0.848. The monoisotopic (exact) mass is 478 g/mol. The van der Waals surface area contributed by atoms with E-state index >= 15 is 0 Å². The van der Waals surface area contributed by atoms with Gasteiger partial charge in [0.05, 0.1) is 17.3 Å². The molecule has 0 spiro atoms. The van der Waals surface area contributed by atoms with Crippen molar-refractivity contribution in [2.75, 3.05) is 24.6 Å². The Bertz CT molecular complexity index is 1260. The maximum atomic E-state index is 9.70. The lowest BCUT2D eigenvalue weighted by Crippen LogP contribution is -2.39. The van der Waals surface area contributed by atoms with Crippen LogP contribution in [0.1, 0.15) is 44.5 Å². The highest BCUT2D eigenvalue weighted by Crippen LogP contribution is 2.33. The number of hydrogen-bond donors (Lipinski definition) is 0.